The van der Waals surface area contributed by atoms with Gasteiger partial charge in [0, 0.05) is 65.8 Å². The average Bonchev–Trinajstić information content (AvgIpc) is 4.02. The summed E-state index contributed by atoms with van der Waals surface area (Å²) in [5, 5.41) is 9.69. The van der Waals surface area contributed by atoms with Gasteiger partial charge in [-0.05, 0) is 84.9 Å². The SMILES string of the molecule is [2H]c1ccc(N(c2ccccc2)c2ccc3c4cc5c(cc4n4c6ccccc6c2c34)c2ccc(N(c3ccccc3)c3ccc([2H])cc3)c3c4ccccc4n5c23)cc1. The van der Waals surface area contributed by atoms with Gasteiger partial charge in [-0.2, -0.15) is 0 Å². The van der Waals surface area contributed by atoms with Gasteiger partial charge in [-0.3, -0.25) is 0 Å². The molecule has 4 aromatic heterocycles. The Hall–Kier alpha value is -7.82. The summed E-state index contributed by atoms with van der Waals surface area (Å²) < 4.78 is 21.5. The first-order valence-electron chi connectivity index (χ1n) is 20.8. The van der Waals surface area contributed by atoms with Crippen LogP contribution in [0, 0.1) is 0 Å². The van der Waals surface area contributed by atoms with Crippen molar-refractivity contribution in [2.24, 2.45) is 0 Å². The summed E-state index contributed by atoms with van der Waals surface area (Å²) in [4.78, 5) is 4.66. The fourth-order valence-electron chi connectivity index (χ4n) is 9.91. The molecule has 0 aliphatic carbocycles. The lowest BCUT2D eigenvalue weighted by Crippen LogP contribution is -2.10. The number of hydrogen-bond donors (Lipinski definition) is 0. The number of anilines is 6. The second-order valence-corrected chi connectivity index (χ2v) is 15.2. The van der Waals surface area contributed by atoms with E-state index in [4.69, 9.17) is 2.74 Å². The van der Waals surface area contributed by atoms with E-state index in [-0.39, 0.29) is 0 Å². The Morgan fingerprint density at radius 1 is 0.310 bits per heavy atom. The van der Waals surface area contributed by atoms with Crippen LogP contribution in [0.4, 0.5) is 34.1 Å². The van der Waals surface area contributed by atoms with Crippen molar-refractivity contribution in [3.05, 3.63) is 206 Å². The quantitative estimate of drug-likeness (QED) is 0.169. The largest absolute Gasteiger partial charge is 0.310 e. The first kappa shape index (κ1) is 29.5. The Kier molecular flexibility index (Phi) is 6.02. The number of nitrogens with zero attached hydrogens (tertiary/aromatic N) is 4. The summed E-state index contributed by atoms with van der Waals surface area (Å²) >= 11 is 0. The highest BCUT2D eigenvalue weighted by Gasteiger charge is 2.27. The zero-order chi connectivity index (χ0) is 39.6. The monoisotopic (exact) mass is 740 g/mol. The minimum atomic E-state index is 0.490. The van der Waals surface area contributed by atoms with Gasteiger partial charge in [0.05, 0.1) is 47.2 Å². The summed E-state index contributed by atoms with van der Waals surface area (Å²) in [5.41, 5.74) is 13.5. The molecule has 0 aliphatic rings. The lowest BCUT2D eigenvalue weighted by molar-refractivity contribution is 1.30. The maximum Gasteiger partial charge on any atom is 0.0641 e. The molecule has 13 rings (SSSR count). The molecule has 13 aromatic rings. The van der Waals surface area contributed by atoms with E-state index in [1.54, 1.807) is 0 Å². The highest BCUT2D eigenvalue weighted by Crippen LogP contribution is 2.51. The summed E-state index contributed by atoms with van der Waals surface area (Å²) in [6.07, 6.45) is 0. The van der Waals surface area contributed by atoms with Crippen molar-refractivity contribution in [1.82, 2.24) is 8.80 Å². The van der Waals surface area contributed by atoms with Crippen LogP contribution in [0.2, 0.25) is 0 Å². The molecule has 0 fully saturated rings. The molecule has 0 atom stereocenters. The molecule has 0 spiro atoms. The van der Waals surface area contributed by atoms with Crippen molar-refractivity contribution in [2.45, 2.75) is 0 Å². The van der Waals surface area contributed by atoms with Gasteiger partial charge in [0.15, 0.2) is 0 Å². The fourth-order valence-corrected chi connectivity index (χ4v) is 9.91. The van der Waals surface area contributed by atoms with Gasteiger partial charge in [-0.25, -0.2) is 0 Å². The molecule has 0 unspecified atom stereocenters. The molecule has 4 nitrogen and oxygen atoms in total. The third-order valence-corrected chi connectivity index (χ3v) is 12.2. The maximum absolute atomic E-state index is 8.24. The molecule has 4 heterocycles. The number of rotatable bonds is 6. The van der Waals surface area contributed by atoms with Crippen LogP contribution >= 0.6 is 0 Å². The predicted octanol–water partition coefficient (Wildman–Crippen LogP) is 14.9. The van der Waals surface area contributed by atoms with Crippen LogP contribution in [0.1, 0.15) is 2.74 Å². The normalized spacial score (nSPS) is 12.6. The summed E-state index contributed by atoms with van der Waals surface area (Å²) in [5.74, 6) is 0. The third kappa shape index (κ3) is 4.18. The van der Waals surface area contributed by atoms with Crippen LogP contribution in [-0.2, 0) is 0 Å². The Morgan fingerprint density at radius 2 is 0.672 bits per heavy atom. The predicted molar refractivity (Wildman–Crippen MR) is 245 cm³/mol. The molecule has 4 heteroatoms. The van der Waals surface area contributed by atoms with Crippen LogP contribution in [0.15, 0.2) is 206 Å². The molecular weight excluding hydrogens is 705 g/mol. The van der Waals surface area contributed by atoms with E-state index in [2.05, 4.69) is 164 Å². The molecule has 9 aromatic carbocycles. The van der Waals surface area contributed by atoms with E-state index < -0.39 is 0 Å². The smallest absolute Gasteiger partial charge is 0.0641 e. The Bertz CT molecular complexity index is 3530. The Morgan fingerprint density at radius 3 is 1.09 bits per heavy atom. The minimum Gasteiger partial charge on any atom is -0.310 e. The molecule has 0 saturated carbocycles. The van der Waals surface area contributed by atoms with Crippen LogP contribution in [0.3, 0.4) is 0 Å². The van der Waals surface area contributed by atoms with E-state index in [0.717, 1.165) is 34.1 Å². The van der Waals surface area contributed by atoms with Gasteiger partial charge in [0.2, 0.25) is 0 Å². The maximum atomic E-state index is 8.24. The van der Waals surface area contributed by atoms with E-state index >= 15 is 0 Å². The topological polar surface area (TPSA) is 15.3 Å². The molecule has 0 radical (unpaired) electrons. The summed E-state index contributed by atoms with van der Waals surface area (Å²) in [7, 11) is 0. The number of aromatic nitrogens is 2. The van der Waals surface area contributed by atoms with Crippen LogP contribution < -0.4 is 9.80 Å². The minimum absolute atomic E-state index is 0.490. The second kappa shape index (κ2) is 11.8. The summed E-state index contributed by atoms with van der Waals surface area (Å²) in [6.45, 7) is 0. The van der Waals surface area contributed by atoms with Gasteiger partial charge < -0.3 is 18.6 Å². The van der Waals surface area contributed by atoms with Gasteiger partial charge in [0.1, 0.15) is 0 Å². The average molecular weight is 741 g/mol. The van der Waals surface area contributed by atoms with Crippen molar-refractivity contribution in [3.8, 4) is 0 Å². The van der Waals surface area contributed by atoms with Crippen LogP contribution in [0.5, 0.6) is 0 Å². The van der Waals surface area contributed by atoms with Crippen molar-refractivity contribution < 1.29 is 2.74 Å². The van der Waals surface area contributed by atoms with E-state index in [1.807, 2.05) is 48.5 Å². The molecular formula is C54H34N4. The number of hydrogen-bond acceptors (Lipinski definition) is 2. The highest BCUT2D eigenvalue weighted by atomic mass is 15.2. The zero-order valence-corrected chi connectivity index (χ0v) is 31.3. The third-order valence-electron chi connectivity index (χ3n) is 12.2. The molecule has 58 heavy (non-hydrogen) atoms. The van der Waals surface area contributed by atoms with Gasteiger partial charge >= 0.3 is 0 Å². The second-order valence-electron chi connectivity index (χ2n) is 15.2. The van der Waals surface area contributed by atoms with Gasteiger partial charge in [-0.1, -0.05) is 121 Å². The Balaban J connectivity index is 1.13. The van der Waals surface area contributed by atoms with Crippen molar-refractivity contribution in [3.63, 3.8) is 0 Å². The van der Waals surface area contributed by atoms with Crippen LogP contribution in [-0.4, -0.2) is 8.80 Å². The van der Waals surface area contributed by atoms with Crippen molar-refractivity contribution in [2.75, 3.05) is 9.80 Å². The molecule has 0 aliphatic heterocycles. The van der Waals surface area contributed by atoms with E-state index in [9.17, 15) is 0 Å². The fraction of sp³-hybridized carbons (Fsp3) is 0. The molecule has 0 N–H and O–H groups in total. The van der Waals surface area contributed by atoms with E-state index in [0.29, 0.717) is 12.1 Å². The standard InChI is InChI=1S/C54H34N4/c1-5-17-35(18-6-1)55(36-19-7-2-8-20-36)47-31-29-39-43-33-50-44(34-49(43)57-45-27-15-13-25-41(45)51(47)53(39)57)40-30-32-48(52-42-26-14-16-28-46(42)58(50)54(40)52)56(37-21-9-3-10-22-37)38-23-11-4-12-24-38/h1-34H/i1D,3D. The lowest BCUT2D eigenvalue weighted by atomic mass is 10.0. The van der Waals surface area contributed by atoms with Gasteiger partial charge in [-0.15, -0.1) is 0 Å². The molecule has 0 bridgehead atoms. The zero-order valence-electron chi connectivity index (χ0n) is 33.3. The van der Waals surface area contributed by atoms with Crippen molar-refractivity contribution in [1.29, 1.82) is 0 Å². The van der Waals surface area contributed by atoms with Crippen molar-refractivity contribution >= 4 is 110 Å². The first-order chi connectivity index (χ1) is 29.6. The first-order valence-corrected chi connectivity index (χ1v) is 19.8. The molecule has 0 saturated heterocycles. The number of fused-ring (bicyclic) bond motifs is 12. The molecule has 0 amide bonds. The Labute approximate surface area is 336 Å². The number of para-hydroxylation sites is 6. The van der Waals surface area contributed by atoms with Crippen LogP contribution in [0.25, 0.3) is 76.2 Å². The summed E-state index contributed by atoms with van der Waals surface area (Å²) in [6, 6.07) is 69.4. The lowest BCUT2D eigenvalue weighted by Gasteiger charge is -2.26. The van der Waals surface area contributed by atoms with Gasteiger partial charge in [0.25, 0.3) is 0 Å². The highest BCUT2D eigenvalue weighted by molar-refractivity contribution is 6.32. The van der Waals surface area contributed by atoms with E-state index in [1.165, 1.54) is 76.2 Å². The number of benzene rings is 9. The molecule has 270 valence electrons.